The van der Waals surface area contributed by atoms with Crippen LogP contribution >= 0.6 is 11.3 Å². The number of morpholine rings is 1. The third-order valence-corrected chi connectivity index (χ3v) is 5.10. The minimum absolute atomic E-state index is 0.317. The predicted molar refractivity (Wildman–Crippen MR) is 84.3 cm³/mol. The fourth-order valence-corrected chi connectivity index (χ4v) is 3.73. The first-order valence-electron chi connectivity index (χ1n) is 7.73. The van der Waals surface area contributed by atoms with Gasteiger partial charge in [-0.15, -0.1) is 11.3 Å². The number of likely N-dealkylation sites (N-methyl/N-ethyl adjacent to an activating group) is 1. The van der Waals surface area contributed by atoms with E-state index in [9.17, 15) is 0 Å². The van der Waals surface area contributed by atoms with E-state index in [2.05, 4.69) is 22.9 Å². The number of nitrogens with zero attached hydrogens (tertiary/aromatic N) is 3. The highest BCUT2D eigenvalue weighted by Gasteiger charge is 2.27. The summed E-state index contributed by atoms with van der Waals surface area (Å²) in [6, 6.07) is 4.25. The molecule has 1 atom stereocenters. The minimum atomic E-state index is 0.317. The van der Waals surface area contributed by atoms with Crippen LogP contribution < -0.4 is 0 Å². The van der Waals surface area contributed by atoms with E-state index in [1.165, 1.54) is 24.3 Å². The van der Waals surface area contributed by atoms with Crippen LogP contribution in [0.1, 0.15) is 23.3 Å². The second-order valence-corrected chi connectivity index (χ2v) is 7.30. The van der Waals surface area contributed by atoms with Crippen molar-refractivity contribution in [2.45, 2.75) is 25.5 Å². The van der Waals surface area contributed by atoms with Gasteiger partial charge in [-0.1, -0.05) is 0 Å². The van der Waals surface area contributed by atoms with Gasteiger partial charge in [-0.25, -0.2) is 0 Å². The first-order chi connectivity index (χ1) is 10.2. The number of ether oxygens (including phenoxy) is 1. The Bertz CT molecular complexity index is 506. The Morgan fingerprint density at radius 1 is 1.48 bits per heavy atom. The maximum Gasteiger partial charge on any atom is 0.100 e. The monoisotopic (exact) mass is 305 g/mol. The van der Waals surface area contributed by atoms with Gasteiger partial charge in [-0.05, 0) is 31.9 Å². The second-order valence-electron chi connectivity index (χ2n) is 6.31. The molecule has 0 unspecified atom stereocenters. The molecule has 21 heavy (non-hydrogen) atoms. The number of hydrogen-bond donors (Lipinski definition) is 0. The van der Waals surface area contributed by atoms with Crippen molar-refractivity contribution in [1.82, 2.24) is 9.80 Å². The van der Waals surface area contributed by atoms with Crippen molar-refractivity contribution in [3.05, 3.63) is 21.9 Å². The molecule has 0 amide bonds. The Morgan fingerprint density at radius 3 is 3.00 bits per heavy atom. The highest BCUT2D eigenvalue weighted by molar-refractivity contribution is 7.10. The van der Waals surface area contributed by atoms with Crippen molar-refractivity contribution in [3.8, 4) is 6.07 Å². The van der Waals surface area contributed by atoms with Gasteiger partial charge in [-0.2, -0.15) is 5.26 Å². The van der Waals surface area contributed by atoms with Crippen LogP contribution in [0.25, 0.3) is 0 Å². The number of thiophene rings is 1. The zero-order valence-corrected chi connectivity index (χ0v) is 13.4. The Hall–Kier alpha value is -0.930. The van der Waals surface area contributed by atoms with E-state index in [0.717, 1.165) is 44.3 Å². The van der Waals surface area contributed by atoms with E-state index in [0.29, 0.717) is 6.10 Å². The first kappa shape index (κ1) is 15.0. The lowest BCUT2D eigenvalue weighted by atomic mass is 10.2. The molecule has 1 aromatic rings. The molecule has 1 saturated carbocycles. The average Bonchev–Trinajstić information content (AvgIpc) is 3.15. The quantitative estimate of drug-likeness (QED) is 0.807. The summed E-state index contributed by atoms with van der Waals surface area (Å²) in [6.45, 7) is 6.02. The van der Waals surface area contributed by atoms with Crippen LogP contribution in [0.3, 0.4) is 0 Å². The second kappa shape index (κ2) is 6.89. The average molecular weight is 305 g/mol. The molecular weight excluding hydrogens is 282 g/mol. The highest BCUT2D eigenvalue weighted by Crippen LogP contribution is 2.30. The topological polar surface area (TPSA) is 39.5 Å². The summed E-state index contributed by atoms with van der Waals surface area (Å²) in [5.74, 6) is 0.877. The molecule has 1 aromatic heterocycles. The predicted octanol–water partition coefficient (Wildman–Crippen LogP) is 2.16. The zero-order chi connectivity index (χ0) is 14.7. The molecule has 0 spiro atoms. The normalized spacial score (nSPS) is 23.4. The summed E-state index contributed by atoms with van der Waals surface area (Å²) in [7, 11) is 2.17. The molecule has 4 nitrogen and oxygen atoms in total. The number of rotatable bonds is 6. The van der Waals surface area contributed by atoms with E-state index in [1.54, 1.807) is 11.3 Å². The van der Waals surface area contributed by atoms with Gasteiger partial charge in [0.2, 0.25) is 0 Å². The third kappa shape index (κ3) is 4.52. The molecule has 1 aliphatic carbocycles. The Labute approximate surface area is 130 Å². The standard InChI is InChI=1S/C16H23N3OS/c1-18-4-5-20-15(9-18)10-19(8-13-2-3-13)11-16-6-14(7-17)12-21-16/h6,12-13,15H,2-5,8-11H2,1H3/t15-/m1/s1. The van der Waals surface area contributed by atoms with Crippen LogP contribution in [0, 0.1) is 17.2 Å². The van der Waals surface area contributed by atoms with E-state index >= 15 is 0 Å². The van der Waals surface area contributed by atoms with Crippen molar-refractivity contribution in [3.63, 3.8) is 0 Å². The van der Waals surface area contributed by atoms with Gasteiger partial charge in [0.15, 0.2) is 0 Å². The van der Waals surface area contributed by atoms with Gasteiger partial charge < -0.3 is 9.64 Å². The molecule has 1 aliphatic heterocycles. The van der Waals surface area contributed by atoms with Gasteiger partial charge in [-0.3, -0.25) is 4.90 Å². The van der Waals surface area contributed by atoms with Crippen molar-refractivity contribution in [2.24, 2.45) is 5.92 Å². The number of nitriles is 1. The van der Waals surface area contributed by atoms with E-state index in [1.807, 2.05) is 11.4 Å². The number of hydrogen-bond acceptors (Lipinski definition) is 5. The van der Waals surface area contributed by atoms with E-state index < -0.39 is 0 Å². The van der Waals surface area contributed by atoms with Crippen LogP contribution in [-0.4, -0.2) is 55.7 Å². The SMILES string of the molecule is CN1CCO[C@@H](CN(Cc2cc(C#N)cs2)CC2CC2)C1. The van der Waals surface area contributed by atoms with Crippen LogP contribution in [0.4, 0.5) is 0 Å². The molecular formula is C16H23N3OS. The molecule has 0 bridgehead atoms. The van der Waals surface area contributed by atoms with Gasteiger partial charge in [0.25, 0.3) is 0 Å². The van der Waals surface area contributed by atoms with Gasteiger partial charge in [0, 0.05) is 43.0 Å². The van der Waals surface area contributed by atoms with Gasteiger partial charge in [0.1, 0.15) is 6.07 Å². The Balaban J connectivity index is 1.58. The minimum Gasteiger partial charge on any atom is -0.374 e. The molecule has 0 N–H and O–H groups in total. The molecule has 3 rings (SSSR count). The van der Waals surface area contributed by atoms with E-state index in [4.69, 9.17) is 10.00 Å². The smallest absolute Gasteiger partial charge is 0.100 e. The van der Waals surface area contributed by atoms with Crippen LogP contribution in [0.5, 0.6) is 0 Å². The van der Waals surface area contributed by atoms with Crippen LogP contribution in [0.2, 0.25) is 0 Å². The van der Waals surface area contributed by atoms with Crippen LogP contribution in [-0.2, 0) is 11.3 Å². The van der Waals surface area contributed by atoms with Crippen molar-refractivity contribution in [2.75, 3.05) is 39.8 Å². The molecule has 5 heteroatoms. The lowest BCUT2D eigenvalue weighted by Crippen LogP contribution is -2.46. The molecule has 2 fully saturated rings. The Morgan fingerprint density at radius 2 is 2.33 bits per heavy atom. The van der Waals surface area contributed by atoms with Gasteiger partial charge >= 0.3 is 0 Å². The summed E-state index contributed by atoms with van der Waals surface area (Å²) < 4.78 is 5.91. The molecule has 2 heterocycles. The summed E-state index contributed by atoms with van der Waals surface area (Å²) >= 11 is 1.70. The third-order valence-electron chi connectivity index (χ3n) is 4.18. The molecule has 0 aromatic carbocycles. The lowest BCUT2D eigenvalue weighted by molar-refractivity contribution is -0.0371. The highest BCUT2D eigenvalue weighted by atomic mass is 32.1. The maximum absolute atomic E-state index is 8.95. The summed E-state index contributed by atoms with van der Waals surface area (Å²) in [5, 5.41) is 10.9. The van der Waals surface area contributed by atoms with Crippen molar-refractivity contribution in [1.29, 1.82) is 5.26 Å². The largest absolute Gasteiger partial charge is 0.374 e. The van der Waals surface area contributed by atoms with Gasteiger partial charge in [0.05, 0.1) is 18.3 Å². The fraction of sp³-hybridized carbons (Fsp3) is 0.688. The molecule has 114 valence electrons. The first-order valence-corrected chi connectivity index (χ1v) is 8.61. The Kier molecular flexibility index (Phi) is 4.91. The summed E-state index contributed by atoms with van der Waals surface area (Å²) in [6.07, 6.45) is 3.06. The fourth-order valence-electron chi connectivity index (χ4n) is 2.88. The molecule has 1 saturated heterocycles. The van der Waals surface area contributed by atoms with E-state index in [-0.39, 0.29) is 0 Å². The lowest BCUT2D eigenvalue weighted by Gasteiger charge is -2.33. The maximum atomic E-state index is 8.95. The summed E-state index contributed by atoms with van der Waals surface area (Å²) in [5.41, 5.74) is 0.787. The molecule has 2 aliphatic rings. The van der Waals surface area contributed by atoms with Crippen LogP contribution in [0.15, 0.2) is 11.4 Å². The summed E-state index contributed by atoms with van der Waals surface area (Å²) in [4.78, 5) is 6.16. The zero-order valence-electron chi connectivity index (χ0n) is 12.6. The van der Waals surface area contributed by atoms with Crippen molar-refractivity contribution >= 4 is 11.3 Å². The molecule has 0 radical (unpaired) electrons. The van der Waals surface area contributed by atoms with Crippen molar-refractivity contribution < 1.29 is 4.74 Å².